The maximum atomic E-state index is 10.4. The van der Waals surface area contributed by atoms with Crippen LogP contribution < -0.4 is 5.32 Å². The van der Waals surface area contributed by atoms with Gasteiger partial charge in [0.2, 0.25) is 0 Å². The summed E-state index contributed by atoms with van der Waals surface area (Å²) in [4.78, 5) is 0. The minimum absolute atomic E-state index is 0.884. The molecule has 0 aliphatic heterocycles. The van der Waals surface area contributed by atoms with Gasteiger partial charge in [0, 0.05) is 37.1 Å². The van der Waals surface area contributed by atoms with Crippen molar-refractivity contribution < 1.29 is 5.11 Å². The van der Waals surface area contributed by atoms with E-state index >= 15 is 0 Å². The molecule has 3 heteroatoms. The number of para-hydroxylation sites is 1. The van der Waals surface area contributed by atoms with Crippen LogP contribution in [0.1, 0.15) is 19.4 Å². The van der Waals surface area contributed by atoms with Gasteiger partial charge < -0.3 is 10.4 Å². The van der Waals surface area contributed by atoms with E-state index in [0.717, 1.165) is 16.9 Å². The highest BCUT2D eigenvalue weighted by Gasteiger charge is 2.19. The Labute approximate surface area is 145 Å². The molecule has 0 spiro atoms. The lowest BCUT2D eigenvalue weighted by molar-refractivity contribution is 0.0794. The van der Waals surface area contributed by atoms with Crippen molar-refractivity contribution in [3.63, 3.8) is 0 Å². The number of fused-ring (bicyclic) bond motifs is 3. The average molecular weight is 333 g/mol. The predicted molar refractivity (Wildman–Crippen MR) is 104 cm³/mol. The quantitative estimate of drug-likeness (QED) is 0.480. The summed E-state index contributed by atoms with van der Waals surface area (Å²) in [5.74, 6) is 0. The van der Waals surface area contributed by atoms with Crippen LogP contribution in [0.2, 0.25) is 0 Å². The van der Waals surface area contributed by atoms with Gasteiger partial charge in [-0.3, -0.25) is 0 Å². The fourth-order valence-corrected chi connectivity index (χ4v) is 4.23. The first-order valence-electron chi connectivity index (χ1n) is 8.02. The van der Waals surface area contributed by atoms with Gasteiger partial charge in [-0.2, -0.15) is 0 Å². The predicted octanol–water partition coefficient (Wildman–Crippen LogP) is 6.03. The molecule has 0 radical (unpaired) electrons. The van der Waals surface area contributed by atoms with Crippen LogP contribution in [-0.4, -0.2) is 5.11 Å². The second-order valence-corrected chi connectivity index (χ2v) is 7.62. The van der Waals surface area contributed by atoms with E-state index in [2.05, 4.69) is 47.8 Å². The first kappa shape index (κ1) is 15.2. The zero-order valence-corrected chi connectivity index (χ0v) is 14.5. The maximum absolute atomic E-state index is 10.4. The summed E-state index contributed by atoms with van der Waals surface area (Å²) in [6.45, 7) is 3.62. The van der Waals surface area contributed by atoms with Crippen LogP contribution in [0.25, 0.3) is 20.2 Å². The molecule has 0 saturated carbocycles. The van der Waals surface area contributed by atoms with Crippen LogP contribution in [0.4, 0.5) is 11.4 Å². The van der Waals surface area contributed by atoms with Gasteiger partial charge >= 0.3 is 0 Å². The van der Waals surface area contributed by atoms with Gasteiger partial charge in [-0.25, -0.2) is 0 Å². The van der Waals surface area contributed by atoms with E-state index < -0.39 is 5.60 Å². The summed E-state index contributed by atoms with van der Waals surface area (Å²) in [6, 6.07) is 22.8. The van der Waals surface area contributed by atoms with Crippen molar-refractivity contribution in [3.8, 4) is 0 Å². The van der Waals surface area contributed by atoms with Gasteiger partial charge in [-0.05, 0) is 38.1 Å². The molecular weight excluding hydrogens is 314 g/mol. The summed E-state index contributed by atoms with van der Waals surface area (Å²) in [6.07, 6.45) is 0. The largest absolute Gasteiger partial charge is 0.386 e. The number of anilines is 2. The second-order valence-electron chi connectivity index (χ2n) is 6.54. The van der Waals surface area contributed by atoms with Crippen molar-refractivity contribution in [2.24, 2.45) is 0 Å². The van der Waals surface area contributed by atoms with Crippen molar-refractivity contribution in [2.75, 3.05) is 5.32 Å². The van der Waals surface area contributed by atoms with E-state index in [9.17, 15) is 5.11 Å². The molecular formula is C21H19NOS. The van der Waals surface area contributed by atoms with Gasteiger partial charge in [-0.1, -0.05) is 42.5 Å². The zero-order chi connectivity index (χ0) is 16.7. The van der Waals surface area contributed by atoms with E-state index in [1.54, 1.807) is 11.3 Å². The van der Waals surface area contributed by atoms with Crippen LogP contribution in [0.5, 0.6) is 0 Å². The minimum atomic E-state index is -0.884. The highest BCUT2D eigenvalue weighted by atomic mass is 32.1. The molecule has 0 amide bonds. The van der Waals surface area contributed by atoms with Gasteiger partial charge in [0.05, 0.1) is 5.60 Å². The van der Waals surface area contributed by atoms with Crippen LogP contribution in [-0.2, 0) is 5.60 Å². The minimum Gasteiger partial charge on any atom is -0.386 e. The number of nitrogens with one attached hydrogen (secondary N) is 1. The number of hydrogen-bond acceptors (Lipinski definition) is 3. The standard InChI is InChI=1S/C21H19NOS/c1-21(2,23)17-8-4-5-9-18(17)22-14-11-12-16-15-7-3-6-10-19(15)24-20(16)13-14/h3-13,22-23H,1-2H3. The molecule has 0 aliphatic rings. The van der Waals surface area contributed by atoms with Gasteiger partial charge in [-0.15, -0.1) is 11.3 Å². The molecule has 4 aromatic rings. The molecule has 24 heavy (non-hydrogen) atoms. The molecule has 1 heterocycles. The van der Waals surface area contributed by atoms with Crippen LogP contribution in [0, 0.1) is 0 Å². The Bertz CT molecular complexity index is 1030. The van der Waals surface area contributed by atoms with E-state index in [1.165, 1.54) is 20.2 Å². The molecule has 0 aliphatic carbocycles. The Balaban J connectivity index is 1.77. The molecule has 0 saturated heterocycles. The molecule has 3 aromatic carbocycles. The fraction of sp³-hybridized carbons (Fsp3) is 0.143. The highest BCUT2D eigenvalue weighted by Crippen LogP contribution is 2.36. The monoisotopic (exact) mass is 333 g/mol. The van der Waals surface area contributed by atoms with Gasteiger partial charge in [0.15, 0.2) is 0 Å². The summed E-state index contributed by atoms with van der Waals surface area (Å²) in [7, 11) is 0. The van der Waals surface area contributed by atoms with Crippen LogP contribution in [0.3, 0.4) is 0 Å². The average Bonchev–Trinajstić information content (AvgIpc) is 2.92. The summed E-state index contributed by atoms with van der Waals surface area (Å²) in [5, 5.41) is 16.4. The number of hydrogen-bond donors (Lipinski definition) is 2. The molecule has 120 valence electrons. The van der Waals surface area contributed by atoms with E-state index in [1.807, 2.05) is 38.1 Å². The molecule has 0 unspecified atom stereocenters. The Hall–Kier alpha value is -2.36. The van der Waals surface area contributed by atoms with Crippen LogP contribution in [0.15, 0.2) is 66.7 Å². The Morgan fingerprint density at radius 1 is 0.833 bits per heavy atom. The van der Waals surface area contributed by atoms with E-state index in [-0.39, 0.29) is 0 Å². The lowest BCUT2D eigenvalue weighted by atomic mass is 9.96. The molecule has 0 bridgehead atoms. The third-order valence-electron chi connectivity index (χ3n) is 4.24. The summed E-state index contributed by atoms with van der Waals surface area (Å²) in [5.41, 5.74) is 1.98. The van der Waals surface area contributed by atoms with Crippen molar-refractivity contribution in [2.45, 2.75) is 19.4 Å². The zero-order valence-electron chi connectivity index (χ0n) is 13.7. The normalized spacial score (nSPS) is 12.0. The molecule has 1 aromatic heterocycles. The molecule has 0 atom stereocenters. The third kappa shape index (κ3) is 2.66. The SMILES string of the molecule is CC(C)(O)c1ccccc1Nc1ccc2c(c1)sc1ccccc12. The van der Waals surface area contributed by atoms with E-state index in [0.29, 0.717) is 0 Å². The summed E-state index contributed by atoms with van der Waals surface area (Å²) < 4.78 is 2.57. The summed E-state index contributed by atoms with van der Waals surface area (Å²) >= 11 is 1.81. The highest BCUT2D eigenvalue weighted by molar-refractivity contribution is 7.25. The Morgan fingerprint density at radius 3 is 2.38 bits per heavy atom. The van der Waals surface area contributed by atoms with Crippen LogP contribution >= 0.6 is 11.3 Å². The molecule has 0 fully saturated rings. The number of thiophene rings is 1. The topological polar surface area (TPSA) is 32.3 Å². The lowest BCUT2D eigenvalue weighted by Crippen LogP contribution is -2.17. The number of benzene rings is 3. The first-order chi connectivity index (χ1) is 11.5. The Kier molecular flexibility index (Phi) is 3.56. The lowest BCUT2D eigenvalue weighted by Gasteiger charge is -2.22. The molecule has 2 nitrogen and oxygen atoms in total. The number of aliphatic hydroxyl groups is 1. The fourth-order valence-electron chi connectivity index (χ4n) is 3.08. The third-order valence-corrected chi connectivity index (χ3v) is 5.38. The Morgan fingerprint density at radius 2 is 1.54 bits per heavy atom. The van der Waals surface area contributed by atoms with Crippen molar-refractivity contribution in [1.29, 1.82) is 0 Å². The second kappa shape index (κ2) is 5.62. The van der Waals surface area contributed by atoms with E-state index in [4.69, 9.17) is 0 Å². The smallest absolute Gasteiger partial charge is 0.0860 e. The maximum Gasteiger partial charge on any atom is 0.0860 e. The van der Waals surface area contributed by atoms with Crippen molar-refractivity contribution in [1.82, 2.24) is 0 Å². The van der Waals surface area contributed by atoms with Crippen molar-refractivity contribution >= 4 is 42.9 Å². The number of rotatable bonds is 3. The molecule has 4 rings (SSSR count). The first-order valence-corrected chi connectivity index (χ1v) is 8.84. The molecule has 2 N–H and O–H groups in total. The van der Waals surface area contributed by atoms with Gasteiger partial charge in [0.25, 0.3) is 0 Å². The van der Waals surface area contributed by atoms with Crippen molar-refractivity contribution in [3.05, 3.63) is 72.3 Å². The van der Waals surface area contributed by atoms with Gasteiger partial charge in [0.1, 0.15) is 0 Å².